The number of carbonyl (C=O) groups excluding carboxylic acids is 2. The van der Waals surface area contributed by atoms with Gasteiger partial charge in [-0.15, -0.1) is 0 Å². The van der Waals surface area contributed by atoms with Gasteiger partial charge in [-0.05, 0) is 34.4 Å². The van der Waals surface area contributed by atoms with E-state index in [0.29, 0.717) is 11.4 Å². The van der Waals surface area contributed by atoms with Crippen LogP contribution in [-0.4, -0.2) is 18.9 Å². The van der Waals surface area contributed by atoms with Crippen LogP contribution < -0.4 is 9.64 Å². The molecule has 3 aromatic rings. The topological polar surface area (TPSA) is 46.6 Å². The molecular weight excluding hydrogens is 442 g/mol. The van der Waals surface area contributed by atoms with Crippen LogP contribution in [0.4, 0.5) is 5.69 Å². The molecular formula is C25H18BrNO3. The van der Waals surface area contributed by atoms with Gasteiger partial charge in [0.25, 0.3) is 0 Å². The second kappa shape index (κ2) is 6.05. The number of hydrogen-bond acceptors (Lipinski definition) is 3. The Morgan fingerprint density at radius 2 is 1.40 bits per heavy atom. The van der Waals surface area contributed by atoms with Crippen LogP contribution in [0.2, 0.25) is 0 Å². The Morgan fingerprint density at radius 1 is 0.833 bits per heavy atom. The van der Waals surface area contributed by atoms with Crippen LogP contribution in [0, 0.1) is 11.8 Å². The van der Waals surface area contributed by atoms with Crippen molar-refractivity contribution in [2.45, 2.75) is 10.2 Å². The van der Waals surface area contributed by atoms with Crippen molar-refractivity contribution >= 4 is 33.4 Å². The fourth-order valence-corrected chi connectivity index (χ4v) is 6.93. The lowest BCUT2D eigenvalue weighted by Crippen LogP contribution is -2.50. The maximum absolute atomic E-state index is 13.9. The number of nitrogens with zero attached hydrogens (tertiary/aromatic N) is 1. The molecule has 1 aliphatic heterocycles. The van der Waals surface area contributed by atoms with Crippen LogP contribution in [-0.2, 0) is 13.9 Å². The lowest BCUT2D eigenvalue weighted by molar-refractivity contribution is -0.122. The zero-order valence-electron chi connectivity index (χ0n) is 16.2. The number of methoxy groups -OCH3 is 1. The lowest BCUT2D eigenvalue weighted by atomic mass is 9.55. The highest BCUT2D eigenvalue weighted by atomic mass is 79.9. The Kier molecular flexibility index (Phi) is 3.61. The number of rotatable bonds is 2. The van der Waals surface area contributed by atoms with Gasteiger partial charge >= 0.3 is 0 Å². The summed E-state index contributed by atoms with van der Waals surface area (Å²) in [5.74, 6) is -0.925. The highest BCUT2D eigenvalue weighted by Gasteiger charge is 2.67. The quantitative estimate of drug-likeness (QED) is 0.415. The normalized spacial score (nSPS) is 28.2. The molecule has 4 nitrogen and oxygen atoms in total. The van der Waals surface area contributed by atoms with Crippen LogP contribution >= 0.6 is 15.9 Å². The molecule has 3 aliphatic carbocycles. The van der Waals surface area contributed by atoms with Crippen LogP contribution in [0.15, 0.2) is 72.8 Å². The summed E-state index contributed by atoms with van der Waals surface area (Å²) in [6.45, 7) is 0. The Balaban J connectivity index is 1.62. The fraction of sp³-hybridized carbons (Fsp3) is 0.200. The summed E-state index contributed by atoms with van der Waals surface area (Å²) >= 11 is 4.01. The van der Waals surface area contributed by atoms with E-state index < -0.39 is 16.2 Å². The highest BCUT2D eigenvalue weighted by Crippen LogP contribution is 2.66. The van der Waals surface area contributed by atoms with Crippen molar-refractivity contribution in [1.29, 1.82) is 0 Å². The average molecular weight is 460 g/mol. The molecule has 0 aromatic heterocycles. The van der Waals surface area contributed by atoms with E-state index in [2.05, 4.69) is 40.2 Å². The molecule has 1 heterocycles. The van der Waals surface area contributed by atoms with E-state index in [1.165, 1.54) is 4.90 Å². The molecule has 2 unspecified atom stereocenters. The zero-order chi connectivity index (χ0) is 20.6. The Morgan fingerprint density at radius 3 is 2.03 bits per heavy atom. The van der Waals surface area contributed by atoms with Crippen molar-refractivity contribution in [3.63, 3.8) is 0 Å². The standard InChI is InChI=1S/C25H18BrNO3/c1-30-19-13-7-6-12-18(19)27-23(28)21-20-14-8-2-4-10-16(14)25(26,22(21)24(27)29)17-11-5-3-9-15(17)20/h2-13,20-22H,1H3. The van der Waals surface area contributed by atoms with Gasteiger partial charge in [-0.25, -0.2) is 4.90 Å². The van der Waals surface area contributed by atoms with Gasteiger partial charge in [0.2, 0.25) is 11.8 Å². The number of carbonyl (C=O) groups is 2. The number of ether oxygens (including phenoxy) is 1. The summed E-state index contributed by atoms with van der Waals surface area (Å²) in [7, 11) is 1.55. The van der Waals surface area contributed by atoms with Gasteiger partial charge in [0, 0.05) is 5.92 Å². The van der Waals surface area contributed by atoms with Crippen LogP contribution in [0.5, 0.6) is 5.75 Å². The first-order chi connectivity index (χ1) is 14.6. The molecule has 0 radical (unpaired) electrons. The van der Waals surface area contributed by atoms with Gasteiger partial charge in [0.05, 0.1) is 29.0 Å². The molecule has 30 heavy (non-hydrogen) atoms. The van der Waals surface area contributed by atoms with E-state index in [1.807, 2.05) is 36.4 Å². The minimum Gasteiger partial charge on any atom is -0.495 e. The number of anilines is 1. The Hall–Kier alpha value is -2.92. The zero-order valence-corrected chi connectivity index (χ0v) is 17.8. The lowest BCUT2D eigenvalue weighted by Gasteiger charge is -2.51. The number of hydrogen-bond donors (Lipinski definition) is 0. The number of amides is 2. The smallest absolute Gasteiger partial charge is 0.239 e. The SMILES string of the molecule is COc1ccccc1N1C(=O)C2C3c4ccccc4C(Br)(c4ccccc43)C2C1=O. The van der Waals surface area contributed by atoms with Crippen LogP contribution in [0.1, 0.15) is 28.2 Å². The van der Waals surface area contributed by atoms with Crippen molar-refractivity contribution in [3.05, 3.63) is 95.1 Å². The fourth-order valence-electron chi connectivity index (χ4n) is 5.73. The van der Waals surface area contributed by atoms with Crippen LogP contribution in [0.3, 0.4) is 0 Å². The Labute approximate surface area is 182 Å². The number of alkyl halides is 1. The maximum Gasteiger partial charge on any atom is 0.239 e. The third kappa shape index (κ3) is 1.96. The third-order valence-corrected chi connectivity index (χ3v) is 8.19. The summed E-state index contributed by atoms with van der Waals surface area (Å²) in [5.41, 5.74) is 4.92. The van der Waals surface area contributed by atoms with E-state index in [9.17, 15) is 9.59 Å². The maximum atomic E-state index is 13.9. The molecule has 0 spiro atoms. The van der Waals surface area contributed by atoms with Crippen LogP contribution in [0.25, 0.3) is 0 Å². The summed E-state index contributed by atoms with van der Waals surface area (Å²) in [6, 6.07) is 23.5. The van der Waals surface area contributed by atoms with E-state index in [4.69, 9.17) is 4.74 Å². The van der Waals surface area contributed by atoms with E-state index in [-0.39, 0.29) is 17.7 Å². The number of benzene rings is 3. The molecule has 1 fully saturated rings. The number of halogens is 1. The predicted molar refractivity (Wildman–Crippen MR) is 117 cm³/mol. The first-order valence-electron chi connectivity index (χ1n) is 9.97. The number of imide groups is 1. The molecule has 148 valence electrons. The molecule has 0 saturated carbocycles. The van der Waals surface area contributed by atoms with Gasteiger partial charge in [-0.3, -0.25) is 9.59 Å². The molecule has 3 aromatic carbocycles. The predicted octanol–water partition coefficient (Wildman–Crippen LogP) is 4.60. The summed E-state index contributed by atoms with van der Waals surface area (Å²) in [6.07, 6.45) is 0. The van der Waals surface area contributed by atoms with Crippen molar-refractivity contribution < 1.29 is 14.3 Å². The minimum atomic E-state index is -0.733. The first kappa shape index (κ1) is 17.9. The first-order valence-corrected chi connectivity index (χ1v) is 10.8. The van der Waals surface area contributed by atoms with Crippen molar-refractivity contribution in [2.24, 2.45) is 11.8 Å². The highest BCUT2D eigenvalue weighted by molar-refractivity contribution is 9.09. The molecule has 2 bridgehead atoms. The molecule has 1 saturated heterocycles. The molecule has 5 heteroatoms. The van der Waals surface area contributed by atoms with Gasteiger partial charge in [-0.2, -0.15) is 0 Å². The second-order valence-electron chi connectivity index (χ2n) is 8.05. The van der Waals surface area contributed by atoms with E-state index in [0.717, 1.165) is 22.3 Å². The van der Waals surface area contributed by atoms with Gasteiger partial charge < -0.3 is 4.74 Å². The largest absolute Gasteiger partial charge is 0.495 e. The molecule has 2 amide bonds. The van der Waals surface area contributed by atoms with E-state index in [1.54, 1.807) is 19.2 Å². The monoisotopic (exact) mass is 459 g/mol. The summed E-state index contributed by atoms with van der Waals surface area (Å²) in [4.78, 5) is 29.0. The second-order valence-corrected chi connectivity index (χ2v) is 9.30. The van der Waals surface area contributed by atoms with Crippen molar-refractivity contribution in [2.75, 3.05) is 12.0 Å². The van der Waals surface area contributed by atoms with E-state index >= 15 is 0 Å². The number of para-hydroxylation sites is 2. The van der Waals surface area contributed by atoms with Crippen molar-refractivity contribution in [1.82, 2.24) is 0 Å². The third-order valence-electron chi connectivity index (χ3n) is 6.84. The molecule has 0 N–H and O–H groups in total. The minimum absolute atomic E-state index is 0.141. The van der Waals surface area contributed by atoms with Gasteiger partial charge in [0.15, 0.2) is 0 Å². The Bertz CT molecular complexity index is 1190. The molecule has 7 rings (SSSR count). The van der Waals surface area contributed by atoms with Crippen molar-refractivity contribution in [3.8, 4) is 5.75 Å². The summed E-state index contributed by atoms with van der Waals surface area (Å²) in [5, 5.41) is 0. The summed E-state index contributed by atoms with van der Waals surface area (Å²) < 4.78 is 4.74. The average Bonchev–Trinajstić information content (AvgIpc) is 3.05. The van der Waals surface area contributed by atoms with Gasteiger partial charge in [0.1, 0.15) is 5.75 Å². The molecule has 2 atom stereocenters. The van der Waals surface area contributed by atoms with Gasteiger partial charge in [-0.1, -0.05) is 76.6 Å². The molecule has 4 aliphatic rings.